The molecule has 1 fully saturated rings. The number of quaternary nitrogens is 1. The lowest BCUT2D eigenvalue weighted by molar-refractivity contribution is -0.917. The molecule has 0 unspecified atom stereocenters. The molecule has 2 N–H and O–H groups in total. The van der Waals surface area contributed by atoms with Gasteiger partial charge in [-0.15, -0.1) is 0 Å². The molecule has 0 bridgehead atoms. The Bertz CT molecular complexity index is 871. The van der Waals surface area contributed by atoms with Gasteiger partial charge in [0, 0.05) is 23.3 Å². The van der Waals surface area contributed by atoms with Crippen LogP contribution in [-0.2, 0) is 6.54 Å². The average molecular weight is 359 g/mol. The summed E-state index contributed by atoms with van der Waals surface area (Å²) in [6.07, 6.45) is 3.93. The number of carbonyl (C=O) groups is 1. The molecule has 0 saturated carbocycles. The summed E-state index contributed by atoms with van der Waals surface area (Å²) in [6, 6.07) is 22.5. The minimum atomic E-state index is 0.142. The van der Waals surface area contributed by atoms with E-state index in [1.807, 2.05) is 59.8 Å². The molecule has 3 aromatic rings. The average Bonchev–Trinajstić information content (AvgIpc) is 2.75. The second kappa shape index (κ2) is 8.14. The zero-order valence-corrected chi connectivity index (χ0v) is 15.4. The predicted octanol–water partition coefficient (Wildman–Crippen LogP) is 1.71. The van der Waals surface area contributed by atoms with Gasteiger partial charge < -0.3 is 9.80 Å². The lowest BCUT2D eigenvalue weighted by Crippen LogP contribution is -3.13. The Morgan fingerprint density at radius 3 is 2.15 bits per heavy atom. The molecule has 27 heavy (non-hydrogen) atoms. The quantitative estimate of drug-likeness (QED) is 0.757. The summed E-state index contributed by atoms with van der Waals surface area (Å²) >= 11 is 0. The van der Waals surface area contributed by atoms with Crippen molar-refractivity contribution in [3.05, 3.63) is 90.3 Å². The van der Waals surface area contributed by atoms with E-state index >= 15 is 0 Å². The number of pyridine rings is 1. The molecular weight excluding hydrogens is 334 g/mol. The Morgan fingerprint density at radius 2 is 1.48 bits per heavy atom. The molecule has 1 aromatic heterocycles. The van der Waals surface area contributed by atoms with Crippen LogP contribution in [0.2, 0.25) is 0 Å². The van der Waals surface area contributed by atoms with Gasteiger partial charge in [-0.05, 0) is 23.3 Å². The SMILES string of the molecule is O=C(c1ccc(-c2ccccc2)cc1)N1CC[NH+](Cc2cc[nH+]cc2)CC1. The number of nitrogens with zero attached hydrogens (tertiary/aromatic N) is 1. The number of H-pyrrole nitrogens is 1. The fourth-order valence-corrected chi connectivity index (χ4v) is 3.65. The topological polar surface area (TPSA) is 38.9 Å². The van der Waals surface area contributed by atoms with Gasteiger partial charge in [-0.1, -0.05) is 42.5 Å². The van der Waals surface area contributed by atoms with Gasteiger partial charge in [0.05, 0.1) is 26.2 Å². The molecule has 4 rings (SSSR count). The Hall–Kier alpha value is -2.98. The lowest BCUT2D eigenvalue weighted by atomic mass is 10.0. The van der Waals surface area contributed by atoms with Crippen LogP contribution < -0.4 is 9.88 Å². The monoisotopic (exact) mass is 359 g/mol. The van der Waals surface area contributed by atoms with E-state index in [1.54, 1.807) is 0 Å². The molecule has 0 atom stereocenters. The highest BCUT2D eigenvalue weighted by molar-refractivity contribution is 5.94. The van der Waals surface area contributed by atoms with Gasteiger partial charge >= 0.3 is 0 Å². The van der Waals surface area contributed by atoms with Gasteiger partial charge in [-0.2, -0.15) is 0 Å². The van der Waals surface area contributed by atoms with Crippen LogP contribution >= 0.6 is 0 Å². The van der Waals surface area contributed by atoms with Crippen molar-refractivity contribution >= 4 is 5.91 Å². The highest BCUT2D eigenvalue weighted by atomic mass is 16.2. The van der Waals surface area contributed by atoms with Crippen molar-refractivity contribution in [3.63, 3.8) is 0 Å². The fraction of sp³-hybridized carbons (Fsp3) is 0.217. The molecule has 136 valence electrons. The van der Waals surface area contributed by atoms with Crippen LogP contribution in [0.15, 0.2) is 79.1 Å². The van der Waals surface area contributed by atoms with E-state index in [4.69, 9.17) is 0 Å². The largest absolute Gasteiger partial charge is 0.328 e. The van der Waals surface area contributed by atoms with Crippen molar-refractivity contribution in [1.29, 1.82) is 0 Å². The summed E-state index contributed by atoms with van der Waals surface area (Å²) in [6.45, 7) is 4.63. The minimum Gasteiger partial charge on any atom is -0.328 e. The maximum Gasteiger partial charge on any atom is 0.254 e. The Balaban J connectivity index is 1.35. The van der Waals surface area contributed by atoms with Crippen molar-refractivity contribution in [2.45, 2.75) is 6.54 Å². The molecule has 1 saturated heterocycles. The van der Waals surface area contributed by atoms with Crippen LogP contribution in [0.25, 0.3) is 11.1 Å². The van der Waals surface area contributed by atoms with E-state index in [0.29, 0.717) is 0 Å². The number of benzene rings is 2. The van der Waals surface area contributed by atoms with Crippen LogP contribution in [0.4, 0.5) is 0 Å². The van der Waals surface area contributed by atoms with Crippen molar-refractivity contribution in [2.24, 2.45) is 0 Å². The maximum absolute atomic E-state index is 12.8. The number of carbonyl (C=O) groups excluding carboxylic acids is 1. The predicted molar refractivity (Wildman–Crippen MR) is 105 cm³/mol. The summed E-state index contributed by atoms with van der Waals surface area (Å²) in [7, 11) is 0. The van der Waals surface area contributed by atoms with Crippen LogP contribution in [0.3, 0.4) is 0 Å². The Morgan fingerprint density at radius 1 is 0.852 bits per heavy atom. The number of hydrogen-bond acceptors (Lipinski definition) is 1. The smallest absolute Gasteiger partial charge is 0.254 e. The zero-order valence-electron chi connectivity index (χ0n) is 15.4. The van der Waals surface area contributed by atoms with E-state index in [1.165, 1.54) is 16.0 Å². The van der Waals surface area contributed by atoms with E-state index in [0.717, 1.165) is 43.9 Å². The van der Waals surface area contributed by atoms with Crippen molar-refractivity contribution in [1.82, 2.24) is 4.90 Å². The highest BCUT2D eigenvalue weighted by Gasteiger charge is 2.24. The number of piperazine rings is 1. The molecule has 4 heteroatoms. The second-order valence-corrected chi connectivity index (χ2v) is 7.07. The van der Waals surface area contributed by atoms with Crippen molar-refractivity contribution in [2.75, 3.05) is 26.2 Å². The molecule has 4 nitrogen and oxygen atoms in total. The normalized spacial score (nSPS) is 14.9. The molecular formula is C23H25N3O+2. The van der Waals surface area contributed by atoms with E-state index in [9.17, 15) is 4.79 Å². The molecule has 2 aromatic carbocycles. The molecule has 2 heterocycles. The van der Waals surface area contributed by atoms with E-state index in [-0.39, 0.29) is 5.91 Å². The molecule has 0 radical (unpaired) electrons. The molecule has 1 aliphatic heterocycles. The first-order valence-electron chi connectivity index (χ1n) is 9.53. The number of nitrogens with one attached hydrogen (secondary N) is 2. The fourth-order valence-electron chi connectivity index (χ4n) is 3.65. The third kappa shape index (κ3) is 4.23. The molecule has 1 amide bonds. The van der Waals surface area contributed by atoms with Crippen LogP contribution in [-0.4, -0.2) is 37.0 Å². The standard InChI is InChI=1S/C23H23N3O/c27-23(22-8-6-21(7-9-22)20-4-2-1-3-5-20)26-16-14-25(15-17-26)18-19-10-12-24-13-11-19/h1-13H,14-18H2/p+2. The Labute approximate surface area is 160 Å². The summed E-state index contributed by atoms with van der Waals surface area (Å²) in [5.41, 5.74) is 4.42. The second-order valence-electron chi connectivity index (χ2n) is 7.07. The van der Waals surface area contributed by atoms with Crippen molar-refractivity contribution in [3.8, 4) is 11.1 Å². The van der Waals surface area contributed by atoms with E-state index in [2.05, 4.69) is 29.2 Å². The van der Waals surface area contributed by atoms with Crippen LogP contribution in [0, 0.1) is 0 Å². The number of rotatable bonds is 4. The summed E-state index contributed by atoms with van der Waals surface area (Å²) < 4.78 is 0. The lowest BCUT2D eigenvalue weighted by Gasteiger charge is -2.32. The van der Waals surface area contributed by atoms with Crippen LogP contribution in [0.5, 0.6) is 0 Å². The number of aromatic amines is 1. The van der Waals surface area contributed by atoms with Gasteiger partial charge in [0.2, 0.25) is 0 Å². The van der Waals surface area contributed by atoms with Gasteiger partial charge in [-0.3, -0.25) is 4.79 Å². The first kappa shape index (κ1) is 17.4. The number of hydrogen-bond donors (Lipinski definition) is 1. The first-order valence-corrected chi connectivity index (χ1v) is 9.53. The summed E-state index contributed by atoms with van der Waals surface area (Å²) in [4.78, 5) is 19.4. The van der Waals surface area contributed by atoms with Gasteiger partial charge in [-0.25, -0.2) is 4.98 Å². The summed E-state index contributed by atoms with van der Waals surface area (Å²) in [5, 5.41) is 0. The third-order valence-corrected chi connectivity index (χ3v) is 5.24. The van der Waals surface area contributed by atoms with Gasteiger partial charge in [0.15, 0.2) is 12.4 Å². The van der Waals surface area contributed by atoms with Crippen LogP contribution in [0.1, 0.15) is 15.9 Å². The first-order chi connectivity index (χ1) is 13.3. The molecule has 0 spiro atoms. The van der Waals surface area contributed by atoms with E-state index < -0.39 is 0 Å². The zero-order chi connectivity index (χ0) is 18.5. The summed E-state index contributed by atoms with van der Waals surface area (Å²) in [5.74, 6) is 0.142. The van der Waals surface area contributed by atoms with Gasteiger partial charge in [0.1, 0.15) is 6.54 Å². The number of amides is 1. The maximum atomic E-state index is 12.8. The minimum absolute atomic E-state index is 0.142. The molecule has 0 aliphatic carbocycles. The Kier molecular flexibility index (Phi) is 5.26. The third-order valence-electron chi connectivity index (χ3n) is 5.24. The highest BCUT2D eigenvalue weighted by Crippen LogP contribution is 2.19. The van der Waals surface area contributed by atoms with Crippen molar-refractivity contribution < 1.29 is 14.7 Å². The number of aromatic nitrogens is 1. The van der Waals surface area contributed by atoms with Gasteiger partial charge in [0.25, 0.3) is 5.91 Å². The molecule has 1 aliphatic rings.